The second-order valence-corrected chi connectivity index (χ2v) is 3.87. The van der Waals surface area contributed by atoms with Crippen LogP contribution in [0.15, 0.2) is 24.3 Å². The van der Waals surface area contributed by atoms with Crippen molar-refractivity contribution in [1.29, 1.82) is 0 Å². The molecule has 0 aliphatic rings. The molecule has 0 spiro atoms. The van der Waals surface area contributed by atoms with Crippen LogP contribution in [0, 0.1) is 10.1 Å². The van der Waals surface area contributed by atoms with Gasteiger partial charge in [-0.2, -0.15) is 0 Å². The number of hydrogen-bond donors (Lipinski definition) is 0. The summed E-state index contributed by atoms with van der Waals surface area (Å²) in [6.45, 7) is 1.08. The minimum absolute atomic E-state index is 0.0812. The maximum absolute atomic E-state index is 10.8. The summed E-state index contributed by atoms with van der Waals surface area (Å²) in [6, 6.07) is 6.58. The van der Waals surface area contributed by atoms with Crippen LogP contribution in [0.2, 0.25) is 0 Å². The third-order valence-corrected chi connectivity index (χ3v) is 2.47. The van der Waals surface area contributed by atoms with Gasteiger partial charge in [0.05, 0.1) is 4.92 Å². The second-order valence-electron chi connectivity index (χ2n) is 3.11. The summed E-state index contributed by atoms with van der Waals surface area (Å²) in [5, 5.41) is 10.8. The molecular formula is C10H12Cl2N2O2. The minimum Gasteiger partial charge on any atom is -0.364 e. The molecule has 0 bridgehead atoms. The van der Waals surface area contributed by atoms with E-state index in [-0.39, 0.29) is 5.69 Å². The van der Waals surface area contributed by atoms with Crippen molar-refractivity contribution in [2.45, 2.75) is 0 Å². The Balaban J connectivity index is 3.02. The molecule has 1 aromatic carbocycles. The zero-order valence-electron chi connectivity index (χ0n) is 8.60. The quantitative estimate of drug-likeness (QED) is 0.450. The number of alkyl halides is 2. The molecule has 0 fully saturated rings. The lowest BCUT2D eigenvalue weighted by molar-refractivity contribution is -0.384. The lowest BCUT2D eigenvalue weighted by atomic mass is 10.2. The third kappa shape index (κ3) is 3.25. The first-order valence-electron chi connectivity index (χ1n) is 4.81. The van der Waals surface area contributed by atoms with Crippen molar-refractivity contribution in [1.82, 2.24) is 0 Å². The molecule has 88 valence electrons. The maximum Gasteiger partial charge on any atom is 0.292 e. The van der Waals surface area contributed by atoms with Crippen LogP contribution in [0.4, 0.5) is 11.4 Å². The highest BCUT2D eigenvalue weighted by Gasteiger charge is 2.17. The number of nitrogens with zero attached hydrogens (tertiary/aromatic N) is 2. The van der Waals surface area contributed by atoms with Crippen molar-refractivity contribution < 1.29 is 4.92 Å². The number of para-hydroxylation sites is 2. The Morgan fingerprint density at radius 3 is 2.25 bits per heavy atom. The second kappa shape index (κ2) is 6.55. The fourth-order valence-corrected chi connectivity index (χ4v) is 1.85. The van der Waals surface area contributed by atoms with Gasteiger partial charge < -0.3 is 4.90 Å². The van der Waals surface area contributed by atoms with E-state index in [1.165, 1.54) is 6.07 Å². The average molecular weight is 263 g/mol. The summed E-state index contributed by atoms with van der Waals surface area (Å²) in [7, 11) is 0. The number of hydrogen-bond acceptors (Lipinski definition) is 3. The average Bonchev–Trinajstić information content (AvgIpc) is 2.29. The molecule has 0 radical (unpaired) electrons. The van der Waals surface area contributed by atoms with Crippen molar-refractivity contribution in [3.63, 3.8) is 0 Å². The Kier molecular flexibility index (Phi) is 5.35. The van der Waals surface area contributed by atoms with Gasteiger partial charge in [0.15, 0.2) is 0 Å². The van der Waals surface area contributed by atoms with Crippen molar-refractivity contribution >= 4 is 34.6 Å². The van der Waals surface area contributed by atoms with E-state index in [1.54, 1.807) is 18.2 Å². The lowest BCUT2D eigenvalue weighted by Gasteiger charge is -2.22. The fraction of sp³-hybridized carbons (Fsp3) is 0.400. The van der Waals surface area contributed by atoms with Crippen molar-refractivity contribution in [2.24, 2.45) is 0 Å². The van der Waals surface area contributed by atoms with Crippen molar-refractivity contribution in [3.05, 3.63) is 34.4 Å². The molecule has 0 N–H and O–H groups in total. The van der Waals surface area contributed by atoms with Crippen LogP contribution < -0.4 is 4.90 Å². The summed E-state index contributed by atoms with van der Waals surface area (Å²) in [6.07, 6.45) is 0. The molecule has 1 rings (SSSR count). The molecule has 0 heterocycles. The van der Waals surface area contributed by atoms with E-state index in [9.17, 15) is 10.1 Å². The number of anilines is 1. The van der Waals surface area contributed by atoms with Gasteiger partial charge in [-0.3, -0.25) is 10.1 Å². The molecule has 0 saturated heterocycles. The molecule has 6 heteroatoms. The van der Waals surface area contributed by atoms with E-state index in [4.69, 9.17) is 23.2 Å². The predicted octanol–water partition coefficient (Wildman–Crippen LogP) is 2.88. The lowest BCUT2D eigenvalue weighted by Crippen LogP contribution is -2.28. The maximum atomic E-state index is 10.8. The van der Waals surface area contributed by atoms with Crippen LogP contribution in [-0.2, 0) is 0 Å². The molecule has 0 amide bonds. The fourth-order valence-electron chi connectivity index (χ4n) is 1.44. The molecule has 0 unspecified atom stereocenters. The highest BCUT2D eigenvalue weighted by Crippen LogP contribution is 2.27. The summed E-state index contributed by atoms with van der Waals surface area (Å²) in [5.74, 6) is 0.811. The van der Waals surface area contributed by atoms with Gasteiger partial charge in [-0.1, -0.05) is 12.1 Å². The monoisotopic (exact) mass is 262 g/mol. The molecule has 0 aliphatic heterocycles. The van der Waals surface area contributed by atoms with Crippen LogP contribution in [0.5, 0.6) is 0 Å². The molecule has 0 saturated carbocycles. The highest BCUT2D eigenvalue weighted by molar-refractivity contribution is 6.18. The molecule has 0 aliphatic carbocycles. The van der Waals surface area contributed by atoms with E-state index >= 15 is 0 Å². The molecule has 4 nitrogen and oxygen atoms in total. The molecule has 16 heavy (non-hydrogen) atoms. The largest absolute Gasteiger partial charge is 0.364 e. The van der Waals surface area contributed by atoms with Gasteiger partial charge in [-0.15, -0.1) is 23.2 Å². The number of halogens is 2. The van der Waals surface area contributed by atoms with Gasteiger partial charge in [-0.25, -0.2) is 0 Å². The summed E-state index contributed by atoms with van der Waals surface area (Å²) >= 11 is 11.3. The van der Waals surface area contributed by atoms with Crippen molar-refractivity contribution in [2.75, 3.05) is 29.7 Å². The summed E-state index contributed by atoms with van der Waals surface area (Å²) in [4.78, 5) is 12.3. The Morgan fingerprint density at radius 1 is 1.19 bits per heavy atom. The first kappa shape index (κ1) is 13.1. The van der Waals surface area contributed by atoms with E-state index in [1.807, 2.05) is 4.90 Å². The topological polar surface area (TPSA) is 46.4 Å². The van der Waals surface area contributed by atoms with Gasteiger partial charge >= 0.3 is 0 Å². The smallest absolute Gasteiger partial charge is 0.292 e. The molecule has 0 atom stereocenters. The first-order chi connectivity index (χ1) is 7.70. The van der Waals surface area contributed by atoms with E-state index in [0.717, 1.165) is 0 Å². The SMILES string of the molecule is O=[N+]([O-])c1ccccc1N(CCCl)CCCl. The molecule has 1 aromatic rings. The normalized spacial score (nSPS) is 10.1. The van der Waals surface area contributed by atoms with Gasteiger partial charge in [0.2, 0.25) is 0 Å². The van der Waals surface area contributed by atoms with Crippen LogP contribution >= 0.6 is 23.2 Å². The minimum atomic E-state index is -0.398. The predicted molar refractivity (Wildman–Crippen MR) is 66.7 cm³/mol. The highest BCUT2D eigenvalue weighted by atomic mass is 35.5. The van der Waals surface area contributed by atoms with Crippen molar-refractivity contribution in [3.8, 4) is 0 Å². The number of nitro benzene ring substituents is 1. The molecular weight excluding hydrogens is 251 g/mol. The van der Waals surface area contributed by atoms with Crippen LogP contribution in [-0.4, -0.2) is 29.8 Å². The summed E-state index contributed by atoms with van der Waals surface area (Å²) in [5.41, 5.74) is 0.645. The number of nitro groups is 1. The van der Waals surface area contributed by atoms with Crippen LogP contribution in [0.25, 0.3) is 0 Å². The number of benzene rings is 1. The molecule has 0 aromatic heterocycles. The van der Waals surface area contributed by atoms with Gasteiger partial charge in [-0.05, 0) is 6.07 Å². The Labute approximate surface area is 104 Å². The van der Waals surface area contributed by atoms with E-state index in [2.05, 4.69) is 0 Å². The zero-order valence-corrected chi connectivity index (χ0v) is 10.1. The van der Waals surface area contributed by atoms with Crippen LogP contribution in [0.1, 0.15) is 0 Å². The first-order valence-corrected chi connectivity index (χ1v) is 5.88. The number of rotatable bonds is 6. The van der Waals surface area contributed by atoms with Crippen LogP contribution in [0.3, 0.4) is 0 Å². The zero-order chi connectivity index (χ0) is 12.0. The third-order valence-electron chi connectivity index (χ3n) is 2.13. The Bertz CT molecular complexity index is 354. The van der Waals surface area contributed by atoms with Gasteiger partial charge in [0.1, 0.15) is 5.69 Å². The summed E-state index contributed by atoms with van der Waals surface area (Å²) < 4.78 is 0. The van der Waals surface area contributed by atoms with Gasteiger partial charge in [0.25, 0.3) is 5.69 Å². The van der Waals surface area contributed by atoms with E-state index in [0.29, 0.717) is 30.5 Å². The Morgan fingerprint density at radius 2 is 1.75 bits per heavy atom. The van der Waals surface area contributed by atoms with Gasteiger partial charge in [0, 0.05) is 30.9 Å². The Hall–Kier alpha value is -1.000. The van der Waals surface area contributed by atoms with E-state index < -0.39 is 4.92 Å². The standard InChI is InChI=1S/C10H12Cl2N2O2/c11-5-7-13(8-6-12)9-3-1-2-4-10(9)14(15)16/h1-4H,5-8H2.